The molecule has 19 heavy (non-hydrogen) atoms. The van der Waals surface area contributed by atoms with E-state index in [9.17, 15) is 14.4 Å². The van der Waals surface area contributed by atoms with Crippen molar-refractivity contribution in [2.24, 2.45) is 5.41 Å². The van der Waals surface area contributed by atoms with Crippen LogP contribution in [-0.2, 0) is 14.4 Å². The van der Waals surface area contributed by atoms with Crippen molar-refractivity contribution in [3.05, 3.63) is 0 Å². The van der Waals surface area contributed by atoms with Crippen molar-refractivity contribution >= 4 is 17.8 Å². The Bertz CT molecular complexity index is 349. The minimum absolute atomic E-state index is 0.0298. The lowest BCUT2D eigenvalue weighted by molar-refractivity contribution is -0.147. The van der Waals surface area contributed by atoms with E-state index in [1.54, 1.807) is 20.8 Å². The van der Waals surface area contributed by atoms with Gasteiger partial charge in [0.1, 0.15) is 6.04 Å². The van der Waals surface area contributed by atoms with Crippen LogP contribution in [0.4, 0.5) is 0 Å². The van der Waals surface area contributed by atoms with Gasteiger partial charge in [0.05, 0.1) is 0 Å². The normalized spacial score (nSPS) is 14.4. The number of rotatable bonds is 6. The molecule has 0 aromatic heterocycles. The first-order chi connectivity index (χ1) is 8.55. The molecule has 0 aliphatic carbocycles. The SMILES string of the molecule is CC(NC(=O)C(C)(C)C)C(=O)NCC[C@H](O)C(=O)O. The van der Waals surface area contributed by atoms with Gasteiger partial charge in [0, 0.05) is 18.4 Å². The van der Waals surface area contributed by atoms with Crippen molar-refractivity contribution in [2.45, 2.75) is 46.3 Å². The Morgan fingerprint density at radius 1 is 1.21 bits per heavy atom. The molecule has 0 aromatic carbocycles. The Balaban J connectivity index is 4.09. The number of aliphatic carboxylic acids is 1. The number of carboxylic acid groups (broad SMARTS) is 1. The summed E-state index contributed by atoms with van der Waals surface area (Å²) in [6.07, 6.45) is -1.58. The van der Waals surface area contributed by atoms with Crippen LogP contribution in [0, 0.1) is 5.41 Å². The monoisotopic (exact) mass is 274 g/mol. The van der Waals surface area contributed by atoms with Gasteiger partial charge in [-0.05, 0) is 6.92 Å². The van der Waals surface area contributed by atoms with Crippen LogP contribution in [-0.4, -0.2) is 46.7 Å². The van der Waals surface area contributed by atoms with Gasteiger partial charge in [0.2, 0.25) is 11.8 Å². The van der Waals surface area contributed by atoms with Gasteiger partial charge in [-0.15, -0.1) is 0 Å². The van der Waals surface area contributed by atoms with Crippen LogP contribution >= 0.6 is 0 Å². The molecule has 7 heteroatoms. The molecule has 2 amide bonds. The summed E-state index contributed by atoms with van der Waals surface area (Å²) in [6.45, 7) is 6.76. The van der Waals surface area contributed by atoms with Crippen molar-refractivity contribution in [3.63, 3.8) is 0 Å². The van der Waals surface area contributed by atoms with Crippen LogP contribution in [0.5, 0.6) is 0 Å². The Morgan fingerprint density at radius 2 is 1.74 bits per heavy atom. The van der Waals surface area contributed by atoms with E-state index in [1.807, 2.05) is 0 Å². The molecule has 0 aliphatic rings. The topological polar surface area (TPSA) is 116 Å². The molecule has 0 saturated carbocycles. The van der Waals surface area contributed by atoms with Crippen LogP contribution in [0.3, 0.4) is 0 Å². The molecule has 2 atom stereocenters. The third-order valence-corrected chi connectivity index (χ3v) is 2.42. The third-order valence-electron chi connectivity index (χ3n) is 2.42. The van der Waals surface area contributed by atoms with E-state index in [0.717, 1.165) is 0 Å². The number of carboxylic acids is 1. The lowest BCUT2D eigenvalue weighted by atomic mass is 9.95. The fourth-order valence-electron chi connectivity index (χ4n) is 1.09. The summed E-state index contributed by atoms with van der Waals surface area (Å²) in [5.74, 6) is -2.00. The molecular formula is C12H22N2O5. The predicted octanol–water partition coefficient (Wildman–Crippen LogP) is -0.511. The third kappa shape index (κ3) is 6.76. The highest BCUT2D eigenvalue weighted by Crippen LogP contribution is 2.12. The number of hydrogen-bond donors (Lipinski definition) is 4. The zero-order valence-electron chi connectivity index (χ0n) is 11.7. The molecule has 0 radical (unpaired) electrons. The number of aliphatic hydroxyl groups is 1. The van der Waals surface area contributed by atoms with Crippen LogP contribution in [0.25, 0.3) is 0 Å². The number of amides is 2. The van der Waals surface area contributed by atoms with E-state index in [-0.39, 0.29) is 18.9 Å². The quantitative estimate of drug-likeness (QED) is 0.520. The maximum absolute atomic E-state index is 11.6. The molecule has 0 aliphatic heterocycles. The van der Waals surface area contributed by atoms with E-state index >= 15 is 0 Å². The van der Waals surface area contributed by atoms with Gasteiger partial charge in [0.25, 0.3) is 0 Å². The van der Waals surface area contributed by atoms with Gasteiger partial charge in [-0.25, -0.2) is 4.79 Å². The van der Waals surface area contributed by atoms with Crippen molar-refractivity contribution in [3.8, 4) is 0 Å². The smallest absolute Gasteiger partial charge is 0.332 e. The van der Waals surface area contributed by atoms with Crippen molar-refractivity contribution in [1.82, 2.24) is 10.6 Å². The van der Waals surface area contributed by atoms with E-state index < -0.39 is 29.4 Å². The Morgan fingerprint density at radius 3 is 2.16 bits per heavy atom. The summed E-state index contributed by atoms with van der Waals surface area (Å²) >= 11 is 0. The molecule has 1 unspecified atom stereocenters. The molecule has 4 N–H and O–H groups in total. The molecule has 0 spiro atoms. The Labute approximate surface area is 112 Å². The van der Waals surface area contributed by atoms with Crippen LogP contribution in [0.1, 0.15) is 34.1 Å². The first-order valence-corrected chi connectivity index (χ1v) is 6.05. The average Bonchev–Trinajstić information content (AvgIpc) is 2.26. The largest absolute Gasteiger partial charge is 0.479 e. The molecule has 7 nitrogen and oxygen atoms in total. The highest BCUT2D eigenvalue weighted by Gasteiger charge is 2.25. The summed E-state index contributed by atoms with van der Waals surface area (Å²) < 4.78 is 0. The fourth-order valence-corrected chi connectivity index (χ4v) is 1.09. The standard InChI is InChI=1S/C12H22N2O5/c1-7(14-11(19)12(2,3)4)9(16)13-6-5-8(15)10(17)18/h7-8,15H,5-6H2,1-4H3,(H,13,16)(H,14,19)(H,17,18)/t7?,8-/m0/s1. The van der Waals surface area contributed by atoms with Gasteiger partial charge < -0.3 is 20.8 Å². The van der Waals surface area contributed by atoms with Crippen LogP contribution in [0.2, 0.25) is 0 Å². The van der Waals surface area contributed by atoms with Crippen LogP contribution < -0.4 is 10.6 Å². The number of carbonyl (C=O) groups is 3. The van der Waals surface area contributed by atoms with E-state index in [0.29, 0.717) is 0 Å². The second-order valence-corrected chi connectivity index (χ2v) is 5.38. The zero-order valence-corrected chi connectivity index (χ0v) is 11.7. The molecule has 0 aromatic rings. The number of carbonyl (C=O) groups excluding carboxylic acids is 2. The summed E-state index contributed by atoms with van der Waals surface area (Å²) in [7, 11) is 0. The summed E-state index contributed by atoms with van der Waals surface area (Å²) in [5, 5.41) is 22.5. The predicted molar refractivity (Wildman–Crippen MR) is 68.3 cm³/mol. The van der Waals surface area contributed by atoms with Crippen molar-refractivity contribution in [2.75, 3.05) is 6.54 Å². The van der Waals surface area contributed by atoms with Gasteiger partial charge in [-0.2, -0.15) is 0 Å². The molecule has 0 heterocycles. The van der Waals surface area contributed by atoms with Crippen LogP contribution in [0.15, 0.2) is 0 Å². The molecule has 0 fully saturated rings. The second kappa shape index (κ2) is 7.08. The van der Waals surface area contributed by atoms with Crippen molar-refractivity contribution < 1.29 is 24.6 Å². The highest BCUT2D eigenvalue weighted by molar-refractivity contribution is 5.89. The fraction of sp³-hybridized carbons (Fsp3) is 0.750. The maximum Gasteiger partial charge on any atom is 0.332 e. The molecule has 0 rings (SSSR count). The lowest BCUT2D eigenvalue weighted by Crippen LogP contribution is -2.48. The second-order valence-electron chi connectivity index (χ2n) is 5.38. The zero-order chi connectivity index (χ0) is 15.2. The Kier molecular flexibility index (Phi) is 6.47. The van der Waals surface area contributed by atoms with Gasteiger partial charge >= 0.3 is 5.97 Å². The molecule has 0 saturated heterocycles. The van der Waals surface area contributed by atoms with Gasteiger partial charge in [-0.3, -0.25) is 9.59 Å². The van der Waals surface area contributed by atoms with Gasteiger partial charge in [-0.1, -0.05) is 20.8 Å². The molecular weight excluding hydrogens is 252 g/mol. The van der Waals surface area contributed by atoms with E-state index in [1.165, 1.54) is 6.92 Å². The van der Waals surface area contributed by atoms with Gasteiger partial charge in [0.15, 0.2) is 6.10 Å². The minimum atomic E-state index is -1.50. The number of hydrogen-bond acceptors (Lipinski definition) is 4. The first kappa shape index (κ1) is 17.4. The minimum Gasteiger partial charge on any atom is -0.479 e. The average molecular weight is 274 g/mol. The van der Waals surface area contributed by atoms with E-state index in [4.69, 9.17) is 10.2 Å². The summed E-state index contributed by atoms with van der Waals surface area (Å²) in [6, 6.07) is -0.714. The molecule has 0 bridgehead atoms. The molecule has 110 valence electrons. The van der Waals surface area contributed by atoms with Crippen molar-refractivity contribution in [1.29, 1.82) is 0 Å². The van der Waals surface area contributed by atoms with E-state index in [2.05, 4.69) is 10.6 Å². The first-order valence-electron chi connectivity index (χ1n) is 6.05. The summed E-state index contributed by atoms with van der Waals surface area (Å²) in [5.41, 5.74) is -0.589. The number of nitrogens with one attached hydrogen (secondary N) is 2. The lowest BCUT2D eigenvalue weighted by Gasteiger charge is -2.21. The number of aliphatic hydroxyl groups excluding tert-OH is 1. The maximum atomic E-state index is 11.6. The Hall–Kier alpha value is -1.63. The highest BCUT2D eigenvalue weighted by atomic mass is 16.4. The summed E-state index contributed by atoms with van der Waals surface area (Å²) in [4.78, 5) is 33.6.